The van der Waals surface area contributed by atoms with Crippen LogP contribution in [0.25, 0.3) is 0 Å². The Morgan fingerprint density at radius 2 is 1.80 bits per heavy atom. The van der Waals surface area contributed by atoms with Crippen molar-refractivity contribution in [3.05, 3.63) is 5.82 Å². The van der Waals surface area contributed by atoms with Gasteiger partial charge in [-0.2, -0.15) is 0 Å². The second kappa shape index (κ2) is 5.30. The first-order valence-corrected chi connectivity index (χ1v) is 9.61. The highest BCUT2D eigenvalue weighted by atomic mass is 35.7. The van der Waals surface area contributed by atoms with Gasteiger partial charge < -0.3 is 4.57 Å². The first kappa shape index (κ1) is 14.3. The molecule has 0 N–H and O–H groups in total. The normalized spacial score (nSPS) is 31.0. The minimum atomic E-state index is -3.81. The summed E-state index contributed by atoms with van der Waals surface area (Å²) in [6, 6.07) is 0. The summed E-state index contributed by atoms with van der Waals surface area (Å²) in [5.74, 6) is 2.73. The van der Waals surface area contributed by atoms with Crippen molar-refractivity contribution >= 4 is 19.7 Å². The Bertz CT molecular complexity index is 599. The second-order valence-electron chi connectivity index (χ2n) is 6.15. The molecule has 3 unspecified atom stereocenters. The van der Waals surface area contributed by atoms with Crippen LogP contribution in [0.1, 0.15) is 56.7 Å². The van der Waals surface area contributed by atoms with E-state index in [4.69, 9.17) is 10.7 Å². The lowest BCUT2D eigenvalue weighted by Crippen LogP contribution is -2.28. The third-order valence-corrected chi connectivity index (χ3v) is 6.20. The number of nitrogens with zero attached hydrogens (tertiary/aromatic N) is 3. The number of hydrogen-bond donors (Lipinski definition) is 0. The van der Waals surface area contributed by atoms with E-state index >= 15 is 0 Å². The van der Waals surface area contributed by atoms with Crippen molar-refractivity contribution in [2.75, 3.05) is 0 Å². The molecular formula is C13H20ClN3O2S. The summed E-state index contributed by atoms with van der Waals surface area (Å²) >= 11 is 0. The molecule has 3 atom stereocenters. The molecule has 0 bridgehead atoms. The number of halogens is 1. The Morgan fingerprint density at radius 3 is 2.45 bits per heavy atom. The van der Waals surface area contributed by atoms with Gasteiger partial charge in [-0.25, -0.2) is 8.42 Å². The van der Waals surface area contributed by atoms with Gasteiger partial charge in [0.1, 0.15) is 5.82 Å². The minimum Gasteiger partial charge on any atom is -0.304 e. The molecule has 1 heterocycles. The maximum atomic E-state index is 11.4. The molecule has 112 valence electrons. The zero-order chi connectivity index (χ0) is 14.3. The summed E-state index contributed by atoms with van der Waals surface area (Å²) in [5, 5.41) is 7.71. The van der Waals surface area contributed by atoms with Crippen LogP contribution >= 0.6 is 10.7 Å². The molecule has 1 aromatic rings. The van der Waals surface area contributed by atoms with Gasteiger partial charge in [0.2, 0.25) is 0 Å². The number of fused-ring (bicyclic) bond motifs is 1. The molecule has 5 nitrogen and oxygen atoms in total. The summed E-state index contributed by atoms with van der Waals surface area (Å²) in [6.45, 7) is 0. The van der Waals surface area contributed by atoms with Crippen LogP contribution in [0.15, 0.2) is 5.16 Å². The number of aromatic nitrogens is 3. The van der Waals surface area contributed by atoms with Crippen LogP contribution < -0.4 is 0 Å². The fourth-order valence-corrected chi connectivity index (χ4v) is 4.96. The van der Waals surface area contributed by atoms with Crippen molar-refractivity contribution in [3.63, 3.8) is 0 Å². The Labute approximate surface area is 124 Å². The maximum absolute atomic E-state index is 11.4. The van der Waals surface area contributed by atoms with E-state index in [9.17, 15) is 8.42 Å². The van der Waals surface area contributed by atoms with Crippen molar-refractivity contribution in [1.82, 2.24) is 14.8 Å². The largest absolute Gasteiger partial charge is 0.304 e. The molecule has 0 aliphatic heterocycles. The quantitative estimate of drug-likeness (QED) is 0.787. The van der Waals surface area contributed by atoms with Crippen LogP contribution in [0, 0.1) is 11.8 Å². The van der Waals surface area contributed by atoms with Gasteiger partial charge in [-0.3, -0.25) is 0 Å². The van der Waals surface area contributed by atoms with Gasteiger partial charge in [0.15, 0.2) is 0 Å². The van der Waals surface area contributed by atoms with Crippen LogP contribution in [0.5, 0.6) is 0 Å². The van der Waals surface area contributed by atoms with E-state index in [1.807, 2.05) is 0 Å². The van der Waals surface area contributed by atoms with Crippen LogP contribution in [0.2, 0.25) is 0 Å². The molecule has 0 aromatic carbocycles. The fraction of sp³-hybridized carbons (Fsp3) is 0.846. The lowest BCUT2D eigenvalue weighted by Gasteiger charge is -2.38. The van der Waals surface area contributed by atoms with Crippen LogP contribution in [0.4, 0.5) is 0 Å². The van der Waals surface area contributed by atoms with Gasteiger partial charge in [0.05, 0.1) is 0 Å². The van der Waals surface area contributed by atoms with Crippen LogP contribution in [0.3, 0.4) is 0 Å². The lowest BCUT2D eigenvalue weighted by molar-refractivity contribution is 0.152. The average molecular weight is 318 g/mol. The second-order valence-corrected chi connectivity index (χ2v) is 8.61. The maximum Gasteiger partial charge on any atom is 0.296 e. The summed E-state index contributed by atoms with van der Waals surface area (Å²) < 4.78 is 24.4. The molecule has 3 rings (SSSR count). The van der Waals surface area contributed by atoms with Crippen molar-refractivity contribution in [3.8, 4) is 0 Å². The number of rotatable bonds is 2. The fourth-order valence-electron chi connectivity index (χ4n) is 4.00. The van der Waals surface area contributed by atoms with Gasteiger partial charge in [0, 0.05) is 23.6 Å². The summed E-state index contributed by atoms with van der Waals surface area (Å²) in [7, 11) is 3.25. The van der Waals surface area contributed by atoms with Gasteiger partial charge >= 0.3 is 0 Å². The van der Waals surface area contributed by atoms with Gasteiger partial charge in [0.25, 0.3) is 14.2 Å². The zero-order valence-corrected chi connectivity index (χ0v) is 13.2. The number of hydrogen-bond acceptors (Lipinski definition) is 4. The predicted molar refractivity (Wildman–Crippen MR) is 76.1 cm³/mol. The summed E-state index contributed by atoms with van der Waals surface area (Å²) in [6.07, 6.45) is 8.77. The van der Waals surface area contributed by atoms with E-state index in [1.165, 1.54) is 32.1 Å². The Balaban J connectivity index is 1.82. The molecule has 2 aliphatic carbocycles. The summed E-state index contributed by atoms with van der Waals surface area (Å²) in [4.78, 5) is 0. The van der Waals surface area contributed by atoms with E-state index < -0.39 is 9.05 Å². The molecule has 0 spiro atoms. The first-order valence-electron chi connectivity index (χ1n) is 7.30. The highest BCUT2D eigenvalue weighted by Gasteiger charge is 2.35. The summed E-state index contributed by atoms with van der Waals surface area (Å²) in [5.41, 5.74) is 0. The lowest BCUT2D eigenvalue weighted by atomic mass is 9.67. The van der Waals surface area contributed by atoms with Gasteiger partial charge in [-0.1, -0.05) is 25.7 Å². The smallest absolute Gasteiger partial charge is 0.296 e. The minimum absolute atomic E-state index is 0.139. The Morgan fingerprint density at radius 1 is 1.10 bits per heavy atom. The Hall–Kier alpha value is -0.620. The van der Waals surface area contributed by atoms with Crippen LogP contribution in [-0.2, 0) is 16.1 Å². The molecule has 20 heavy (non-hydrogen) atoms. The third kappa shape index (κ3) is 2.60. The van der Waals surface area contributed by atoms with Gasteiger partial charge in [-0.15, -0.1) is 10.2 Å². The zero-order valence-electron chi connectivity index (χ0n) is 11.6. The molecule has 2 fully saturated rings. The van der Waals surface area contributed by atoms with E-state index in [-0.39, 0.29) is 5.16 Å². The first-order chi connectivity index (χ1) is 9.47. The molecule has 1 aromatic heterocycles. The standard InChI is InChI=1S/C13H20ClN3O2S/c1-17-12(15-16-13(17)20(14,18)19)11-7-6-9-4-2-3-5-10(9)8-11/h9-11H,2-8H2,1H3. The van der Waals surface area contributed by atoms with E-state index in [1.54, 1.807) is 11.6 Å². The third-order valence-electron chi connectivity index (χ3n) is 4.99. The topological polar surface area (TPSA) is 64.8 Å². The van der Waals surface area contributed by atoms with E-state index in [2.05, 4.69) is 10.2 Å². The highest BCUT2D eigenvalue weighted by molar-refractivity contribution is 8.13. The van der Waals surface area contributed by atoms with Crippen molar-refractivity contribution in [2.45, 2.75) is 56.0 Å². The molecule has 0 radical (unpaired) electrons. The Kier molecular flexibility index (Phi) is 3.79. The SMILES string of the molecule is Cn1c(C2CCC3CCCCC3C2)nnc1S(=O)(=O)Cl. The van der Waals surface area contributed by atoms with Crippen molar-refractivity contribution in [1.29, 1.82) is 0 Å². The molecule has 7 heteroatoms. The van der Waals surface area contributed by atoms with E-state index in [0.29, 0.717) is 5.92 Å². The van der Waals surface area contributed by atoms with Gasteiger partial charge in [-0.05, 0) is 31.1 Å². The molecule has 0 amide bonds. The van der Waals surface area contributed by atoms with Crippen LogP contribution in [-0.4, -0.2) is 23.2 Å². The molecule has 0 saturated heterocycles. The highest BCUT2D eigenvalue weighted by Crippen LogP contribution is 2.45. The predicted octanol–water partition coefficient (Wildman–Crippen LogP) is 2.82. The van der Waals surface area contributed by atoms with Crippen molar-refractivity contribution in [2.24, 2.45) is 18.9 Å². The monoisotopic (exact) mass is 317 g/mol. The molecule has 2 aliphatic rings. The van der Waals surface area contributed by atoms with Crippen molar-refractivity contribution < 1.29 is 8.42 Å². The van der Waals surface area contributed by atoms with E-state index in [0.717, 1.165) is 30.5 Å². The molecular weight excluding hydrogens is 298 g/mol. The average Bonchev–Trinajstić information content (AvgIpc) is 2.80. The molecule has 2 saturated carbocycles.